The minimum absolute atomic E-state index is 0.324. The molecular formula is C6H10Cl2O3. The van der Waals surface area contributed by atoms with Gasteiger partial charge in [-0.15, -0.1) is 23.2 Å². The number of aliphatic hydroxyl groups is 1. The van der Waals surface area contributed by atoms with E-state index in [0.29, 0.717) is 12.3 Å². The molecule has 2 unspecified atom stereocenters. The zero-order chi connectivity index (χ0) is 8.85. The Bertz CT molecular complexity index is 129. The predicted octanol–water partition coefficient (Wildman–Crippen LogP) is 1.06. The van der Waals surface area contributed by atoms with Crippen molar-refractivity contribution in [3.8, 4) is 0 Å². The molecule has 0 aromatic heterocycles. The van der Waals surface area contributed by atoms with Gasteiger partial charge < -0.3 is 10.2 Å². The normalized spacial score (nSPS) is 15.9. The van der Waals surface area contributed by atoms with Crippen molar-refractivity contribution in [3.05, 3.63) is 0 Å². The molecule has 2 N–H and O–H groups in total. The summed E-state index contributed by atoms with van der Waals surface area (Å²) in [5.41, 5.74) is 0. The standard InChI is InChI=1S/C6H10Cl2O3/c7-2-1-4(8)5(9)3-6(10)11/h4-5,9H,1-3H2,(H,10,11). The summed E-state index contributed by atoms with van der Waals surface area (Å²) in [6, 6.07) is 0. The Hall–Kier alpha value is 0.01000. The third kappa shape index (κ3) is 5.30. The van der Waals surface area contributed by atoms with E-state index in [0.717, 1.165) is 0 Å². The molecule has 0 rings (SSSR count). The maximum atomic E-state index is 10.1. The SMILES string of the molecule is O=C(O)CC(O)C(Cl)CCCl. The molecule has 0 aliphatic carbocycles. The molecule has 2 atom stereocenters. The van der Waals surface area contributed by atoms with Crippen LogP contribution in [0.25, 0.3) is 0 Å². The molecule has 0 amide bonds. The van der Waals surface area contributed by atoms with Crippen LogP contribution in [0.1, 0.15) is 12.8 Å². The fraction of sp³-hybridized carbons (Fsp3) is 0.833. The number of hydrogen-bond acceptors (Lipinski definition) is 2. The first kappa shape index (κ1) is 11.0. The number of alkyl halides is 2. The Kier molecular flexibility index (Phi) is 5.64. The molecule has 0 saturated carbocycles. The van der Waals surface area contributed by atoms with Gasteiger partial charge in [0.15, 0.2) is 0 Å². The monoisotopic (exact) mass is 200 g/mol. The highest BCUT2D eigenvalue weighted by Crippen LogP contribution is 2.11. The maximum Gasteiger partial charge on any atom is 0.306 e. The maximum absolute atomic E-state index is 10.1. The summed E-state index contributed by atoms with van der Waals surface area (Å²) in [6.07, 6.45) is -0.921. The molecule has 11 heavy (non-hydrogen) atoms. The second kappa shape index (κ2) is 5.63. The van der Waals surface area contributed by atoms with Crippen LogP contribution in [-0.4, -0.2) is 33.5 Å². The molecule has 0 saturated heterocycles. The van der Waals surface area contributed by atoms with E-state index < -0.39 is 17.5 Å². The number of aliphatic carboxylic acids is 1. The first-order valence-electron chi connectivity index (χ1n) is 3.17. The molecule has 5 heteroatoms. The molecule has 0 bridgehead atoms. The summed E-state index contributed by atoms with van der Waals surface area (Å²) in [4.78, 5) is 10.1. The zero-order valence-electron chi connectivity index (χ0n) is 5.83. The predicted molar refractivity (Wildman–Crippen MR) is 43.2 cm³/mol. The quantitative estimate of drug-likeness (QED) is 0.653. The minimum atomic E-state index is -1.06. The first-order valence-corrected chi connectivity index (χ1v) is 4.15. The Balaban J connectivity index is 3.63. The second-order valence-corrected chi connectivity index (χ2v) is 3.10. The molecule has 0 aromatic rings. The van der Waals surface area contributed by atoms with Crippen LogP contribution in [0.15, 0.2) is 0 Å². The molecule has 0 aliphatic rings. The van der Waals surface area contributed by atoms with Crippen LogP contribution in [0.4, 0.5) is 0 Å². The molecule has 0 aliphatic heterocycles. The van der Waals surface area contributed by atoms with Crippen molar-refractivity contribution in [1.29, 1.82) is 0 Å². The topological polar surface area (TPSA) is 57.5 Å². The van der Waals surface area contributed by atoms with Crippen molar-refractivity contribution in [2.75, 3.05) is 5.88 Å². The van der Waals surface area contributed by atoms with Crippen LogP contribution in [-0.2, 0) is 4.79 Å². The van der Waals surface area contributed by atoms with Gasteiger partial charge in [-0.2, -0.15) is 0 Å². The van der Waals surface area contributed by atoms with Crippen LogP contribution in [0.3, 0.4) is 0 Å². The van der Waals surface area contributed by atoms with Gasteiger partial charge >= 0.3 is 5.97 Å². The van der Waals surface area contributed by atoms with Gasteiger partial charge in [0.2, 0.25) is 0 Å². The number of hydrogen-bond donors (Lipinski definition) is 2. The average molecular weight is 201 g/mol. The lowest BCUT2D eigenvalue weighted by atomic mass is 10.1. The van der Waals surface area contributed by atoms with Gasteiger partial charge in [0.1, 0.15) is 0 Å². The number of aliphatic hydroxyl groups excluding tert-OH is 1. The van der Waals surface area contributed by atoms with Crippen molar-refractivity contribution in [2.45, 2.75) is 24.3 Å². The molecule has 0 spiro atoms. The minimum Gasteiger partial charge on any atom is -0.481 e. The highest BCUT2D eigenvalue weighted by atomic mass is 35.5. The fourth-order valence-electron chi connectivity index (χ4n) is 0.603. The summed E-state index contributed by atoms with van der Waals surface area (Å²) in [6.45, 7) is 0. The smallest absolute Gasteiger partial charge is 0.306 e. The highest BCUT2D eigenvalue weighted by molar-refractivity contribution is 6.22. The van der Waals surface area contributed by atoms with E-state index in [-0.39, 0.29) is 6.42 Å². The van der Waals surface area contributed by atoms with Crippen molar-refractivity contribution in [3.63, 3.8) is 0 Å². The van der Waals surface area contributed by atoms with Crippen LogP contribution < -0.4 is 0 Å². The van der Waals surface area contributed by atoms with E-state index in [1.54, 1.807) is 0 Å². The van der Waals surface area contributed by atoms with E-state index in [1.807, 2.05) is 0 Å². The van der Waals surface area contributed by atoms with Crippen LogP contribution >= 0.6 is 23.2 Å². The van der Waals surface area contributed by atoms with Crippen molar-refractivity contribution in [2.24, 2.45) is 0 Å². The zero-order valence-corrected chi connectivity index (χ0v) is 7.35. The van der Waals surface area contributed by atoms with Gasteiger partial charge in [-0.05, 0) is 6.42 Å². The lowest BCUT2D eigenvalue weighted by Gasteiger charge is -2.12. The van der Waals surface area contributed by atoms with Gasteiger partial charge in [-0.25, -0.2) is 0 Å². The third-order valence-corrected chi connectivity index (χ3v) is 1.91. The first-order chi connectivity index (χ1) is 5.07. The van der Waals surface area contributed by atoms with Crippen molar-refractivity contribution >= 4 is 29.2 Å². The molecule has 0 aromatic carbocycles. The van der Waals surface area contributed by atoms with Gasteiger partial charge in [0.25, 0.3) is 0 Å². The lowest BCUT2D eigenvalue weighted by molar-refractivity contribution is -0.139. The van der Waals surface area contributed by atoms with E-state index in [1.165, 1.54) is 0 Å². The van der Waals surface area contributed by atoms with Crippen LogP contribution in [0.5, 0.6) is 0 Å². The summed E-state index contributed by atoms with van der Waals surface area (Å²) >= 11 is 10.9. The molecule has 66 valence electrons. The number of carboxylic acid groups (broad SMARTS) is 1. The molecule has 3 nitrogen and oxygen atoms in total. The second-order valence-electron chi connectivity index (χ2n) is 2.16. The highest BCUT2D eigenvalue weighted by Gasteiger charge is 2.18. The summed E-state index contributed by atoms with van der Waals surface area (Å²) in [7, 11) is 0. The molecular weight excluding hydrogens is 191 g/mol. The van der Waals surface area contributed by atoms with E-state index in [9.17, 15) is 4.79 Å². The summed E-state index contributed by atoms with van der Waals surface area (Å²) < 4.78 is 0. The number of carbonyl (C=O) groups is 1. The van der Waals surface area contributed by atoms with Crippen LogP contribution in [0, 0.1) is 0 Å². The Morgan fingerprint density at radius 3 is 2.45 bits per heavy atom. The van der Waals surface area contributed by atoms with Gasteiger partial charge in [-0.1, -0.05) is 0 Å². The van der Waals surface area contributed by atoms with E-state index in [4.69, 9.17) is 33.4 Å². The van der Waals surface area contributed by atoms with Gasteiger partial charge in [0.05, 0.1) is 17.9 Å². The summed E-state index contributed by atoms with van der Waals surface area (Å²) in [5, 5.41) is 16.7. The van der Waals surface area contributed by atoms with Gasteiger partial charge in [-0.3, -0.25) is 4.79 Å². The Labute approximate surface area is 74.9 Å². The Morgan fingerprint density at radius 1 is 1.55 bits per heavy atom. The summed E-state index contributed by atoms with van der Waals surface area (Å²) in [5.74, 6) is -0.733. The molecule has 0 heterocycles. The van der Waals surface area contributed by atoms with E-state index in [2.05, 4.69) is 0 Å². The molecule has 0 fully saturated rings. The number of rotatable bonds is 5. The van der Waals surface area contributed by atoms with Crippen molar-refractivity contribution in [1.82, 2.24) is 0 Å². The number of halogens is 2. The Morgan fingerprint density at radius 2 is 2.09 bits per heavy atom. The van der Waals surface area contributed by atoms with Crippen molar-refractivity contribution < 1.29 is 15.0 Å². The fourth-order valence-corrected chi connectivity index (χ4v) is 1.15. The van der Waals surface area contributed by atoms with Gasteiger partial charge in [0, 0.05) is 5.88 Å². The van der Waals surface area contributed by atoms with E-state index >= 15 is 0 Å². The average Bonchev–Trinajstić information content (AvgIpc) is 1.86. The largest absolute Gasteiger partial charge is 0.481 e. The third-order valence-electron chi connectivity index (χ3n) is 1.19. The molecule has 0 radical (unpaired) electrons. The van der Waals surface area contributed by atoms with Crippen LogP contribution in [0.2, 0.25) is 0 Å². The lowest BCUT2D eigenvalue weighted by Crippen LogP contribution is -2.24. The number of carboxylic acids is 1.